The zero-order chi connectivity index (χ0) is 14.7. The van der Waals surface area contributed by atoms with E-state index in [9.17, 15) is 4.79 Å². The number of carbonyl (C=O) groups excluding carboxylic acids is 1. The van der Waals surface area contributed by atoms with Crippen molar-refractivity contribution in [3.63, 3.8) is 0 Å². The van der Waals surface area contributed by atoms with Crippen LogP contribution in [0.2, 0.25) is 0 Å². The van der Waals surface area contributed by atoms with Crippen molar-refractivity contribution in [2.24, 2.45) is 0 Å². The number of rotatable bonds is 5. The Kier molecular flexibility index (Phi) is 4.22. The number of piperidine rings is 1. The maximum atomic E-state index is 12.1. The summed E-state index contributed by atoms with van der Waals surface area (Å²) in [5.74, 6) is 2.77. The number of amides is 1. The third kappa shape index (κ3) is 3.83. The summed E-state index contributed by atoms with van der Waals surface area (Å²) in [7, 11) is 0. The summed E-state index contributed by atoms with van der Waals surface area (Å²) >= 11 is 0. The van der Waals surface area contributed by atoms with Crippen LogP contribution in [0.1, 0.15) is 50.3 Å². The molecular weight excluding hydrogens is 266 g/mol. The zero-order valence-corrected chi connectivity index (χ0v) is 12.3. The van der Waals surface area contributed by atoms with Crippen LogP contribution in [-0.4, -0.2) is 40.4 Å². The van der Waals surface area contributed by atoms with Gasteiger partial charge in [-0.05, 0) is 32.1 Å². The van der Waals surface area contributed by atoms with E-state index < -0.39 is 0 Å². The lowest BCUT2D eigenvalue weighted by Crippen LogP contribution is -2.36. The molecule has 0 radical (unpaired) electrons. The number of anilines is 2. The molecule has 2 fully saturated rings. The second-order valence-electron chi connectivity index (χ2n) is 5.93. The van der Waals surface area contributed by atoms with Crippen LogP contribution in [0.15, 0.2) is 6.07 Å². The standard InChI is InChI=1S/C15H23N5O/c16-12-10-13(19-15(18-12)11-4-5-11)17-7-6-14(21)20-8-2-1-3-9-20/h10-11H,1-9H2,(H3,16,17,18,19). The van der Waals surface area contributed by atoms with Crippen LogP contribution in [-0.2, 0) is 4.79 Å². The molecule has 1 aliphatic heterocycles. The van der Waals surface area contributed by atoms with Gasteiger partial charge in [-0.3, -0.25) is 4.79 Å². The van der Waals surface area contributed by atoms with E-state index in [0.29, 0.717) is 24.7 Å². The van der Waals surface area contributed by atoms with Gasteiger partial charge in [-0.15, -0.1) is 0 Å². The third-order valence-corrected chi connectivity index (χ3v) is 4.06. The zero-order valence-electron chi connectivity index (χ0n) is 12.3. The van der Waals surface area contributed by atoms with Gasteiger partial charge in [0, 0.05) is 38.0 Å². The third-order valence-electron chi connectivity index (χ3n) is 4.06. The Hall–Kier alpha value is -1.85. The van der Waals surface area contributed by atoms with E-state index in [1.165, 1.54) is 6.42 Å². The molecule has 3 N–H and O–H groups in total. The first-order valence-electron chi connectivity index (χ1n) is 7.88. The Labute approximate surface area is 125 Å². The summed E-state index contributed by atoms with van der Waals surface area (Å²) in [5, 5.41) is 3.20. The van der Waals surface area contributed by atoms with Crippen molar-refractivity contribution in [1.82, 2.24) is 14.9 Å². The minimum atomic E-state index is 0.228. The molecule has 114 valence electrons. The van der Waals surface area contributed by atoms with Crippen LogP contribution in [0.5, 0.6) is 0 Å². The highest BCUT2D eigenvalue weighted by molar-refractivity contribution is 5.76. The normalized spacial score (nSPS) is 18.6. The molecule has 6 heteroatoms. The number of nitrogens with zero attached hydrogens (tertiary/aromatic N) is 3. The summed E-state index contributed by atoms with van der Waals surface area (Å²) in [5.41, 5.74) is 5.81. The monoisotopic (exact) mass is 289 g/mol. The van der Waals surface area contributed by atoms with Crippen molar-refractivity contribution in [1.29, 1.82) is 0 Å². The second kappa shape index (κ2) is 6.28. The number of carbonyl (C=O) groups is 1. The molecule has 0 aromatic carbocycles. The highest BCUT2D eigenvalue weighted by atomic mass is 16.2. The van der Waals surface area contributed by atoms with Crippen molar-refractivity contribution in [3.8, 4) is 0 Å². The van der Waals surface area contributed by atoms with Gasteiger partial charge in [0.2, 0.25) is 5.91 Å². The van der Waals surface area contributed by atoms with Crippen LogP contribution in [0.3, 0.4) is 0 Å². The highest BCUT2D eigenvalue weighted by Gasteiger charge is 2.27. The lowest BCUT2D eigenvalue weighted by Gasteiger charge is -2.26. The molecule has 2 aliphatic rings. The van der Waals surface area contributed by atoms with Crippen molar-refractivity contribution in [2.75, 3.05) is 30.7 Å². The molecule has 1 amide bonds. The van der Waals surface area contributed by atoms with Crippen LogP contribution < -0.4 is 11.1 Å². The topological polar surface area (TPSA) is 84.1 Å². The van der Waals surface area contributed by atoms with E-state index >= 15 is 0 Å². The van der Waals surface area contributed by atoms with Gasteiger partial charge < -0.3 is 16.0 Å². The van der Waals surface area contributed by atoms with Crippen LogP contribution in [0, 0.1) is 0 Å². The fourth-order valence-electron chi connectivity index (χ4n) is 2.70. The summed E-state index contributed by atoms with van der Waals surface area (Å²) in [6.07, 6.45) is 6.31. The van der Waals surface area contributed by atoms with E-state index in [2.05, 4.69) is 15.3 Å². The number of hydrogen-bond donors (Lipinski definition) is 2. The minimum Gasteiger partial charge on any atom is -0.384 e. The Balaban J connectivity index is 1.49. The van der Waals surface area contributed by atoms with Gasteiger partial charge in [-0.1, -0.05) is 0 Å². The van der Waals surface area contributed by atoms with E-state index in [1.807, 2.05) is 4.90 Å². The molecule has 1 saturated heterocycles. The first kappa shape index (κ1) is 14.1. The minimum absolute atomic E-state index is 0.228. The molecule has 2 heterocycles. The molecule has 6 nitrogen and oxygen atoms in total. The maximum Gasteiger partial charge on any atom is 0.224 e. The molecule has 1 aliphatic carbocycles. The van der Waals surface area contributed by atoms with Gasteiger partial charge in [0.15, 0.2) is 0 Å². The first-order chi connectivity index (χ1) is 10.2. The van der Waals surface area contributed by atoms with Gasteiger partial charge in [-0.2, -0.15) is 0 Å². The summed E-state index contributed by atoms with van der Waals surface area (Å²) in [6, 6.07) is 1.73. The van der Waals surface area contributed by atoms with E-state index in [-0.39, 0.29) is 5.91 Å². The van der Waals surface area contributed by atoms with Gasteiger partial charge >= 0.3 is 0 Å². The van der Waals surface area contributed by atoms with E-state index in [0.717, 1.165) is 50.4 Å². The molecule has 1 aromatic heterocycles. The van der Waals surface area contributed by atoms with Crippen molar-refractivity contribution < 1.29 is 4.79 Å². The van der Waals surface area contributed by atoms with Crippen molar-refractivity contribution in [3.05, 3.63) is 11.9 Å². The van der Waals surface area contributed by atoms with Gasteiger partial charge in [0.1, 0.15) is 17.5 Å². The molecule has 21 heavy (non-hydrogen) atoms. The number of nitrogens with two attached hydrogens (primary N) is 1. The average Bonchev–Trinajstić information content (AvgIpc) is 3.32. The molecule has 3 rings (SSSR count). The van der Waals surface area contributed by atoms with Gasteiger partial charge in [0.25, 0.3) is 0 Å². The van der Waals surface area contributed by atoms with Crippen LogP contribution in [0.4, 0.5) is 11.6 Å². The van der Waals surface area contributed by atoms with E-state index in [4.69, 9.17) is 5.73 Å². The van der Waals surface area contributed by atoms with Crippen molar-refractivity contribution in [2.45, 2.75) is 44.4 Å². The lowest BCUT2D eigenvalue weighted by atomic mass is 10.1. The van der Waals surface area contributed by atoms with Crippen molar-refractivity contribution >= 4 is 17.5 Å². The van der Waals surface area contributed by atoms with Gasteiger partial charge in [0.05, 0.1) is 0 Å². The molecule has 1 saturated carbocycles. The molecule has 0 unspecified atom stereocenters. The average molecular weight is 289 g/mol. The molecule has 1 aromatic rings. The number of hydrogen-bond acceptors (Lipinski definition) is 5. The fraction of sp³-hybridized carbons (Fsp3) is 0.667. The number of nitrogen functional groups attached to an aromatic ring is 1. The Morgan fingerprint density at radius 1 is 1.29 bits per heavy atom. The summed E-state index contributed by atoms with van der Waals surface area (Å²) in [4.78, 5) is 22.8. The molecule has 0 bridgehead atoms. The maximum absolute atomic E-state index is 12.1. The predicted octanol–water partition coefficient (Wildman–Crippen LogP) is 1.75. The molecule has 0 atom stereocenters. The van der Waals surface area contributed by atoms with E-state index in [1.54, 1.807) is 6.07 Å². The first-order valence-corrected chi connectivity index (χ1v) is 7.88. The Morgan fingerprint density at radius 2 is 2.05 bits per heavy atom. The summed E-state index contributed by atoms with van der Waals surface area (Å²) < 4.78 is 0. The lowest BCUT2D eigenvalue weighted by molar-refractivity contribution is -0.131. The molecule has 0 spiro atoms. The largest absolute Gasteiger partial charge is 0.384 e. The number of likely N-dealkylation sites (tertiary alicyclic amines) is 1. The van der Waals surface area contributed by atoms with Crippen LogP contribution >= 0.6 is 0 Å². The molecular formula is C15H23N5O. The predicted molar refractivity (Wildman–Crippen MR) is 82.0 cm³/mol. The quantitative estimate of drug-likeness (QED) is 0.862. The number of nitrogens with one attached hydrogen (secondary N) is 1. The Bertz CT molecular complexity index is 509. The number of aromatic nitrogens is 2. The van der Waals surface area contributed by atoms with Crippen LogP contribution in [0.25, 0.3) is 0 Å². The summed E-state index contributed by atoms with van der Waals surface area (Å²) in [6.45, 7) is 2.41. The fourth-order valence-corrected chi connectivity index (χ4v) is 2.70. The van der Waals surface area contributed by atoms with Gasteiger partial charge in [-0.25, -0.2) is 9.97 Å². The SMILES string of the molecule is Nc1cc(NCCC(=O)N2CCCCC2)nc(C2CC2)n1. The smallest absolute Gasteiger partial charge is 0.224 e. The Morgan fingerprint density at radius 3 is 2.76 bits per heavy atom. The highest BCUT2D eigenvalue weighted by Crippen LogP contribution is 2.38. The second-order valence-corrected chi connectivity index (χ2v) is 5.93.